The van der Waals surface area contributed by atoms with Crippen LogP contribution in [0.3, 0.4) is 0 Å². The lowest BCUT2D eigenvalue weighted by molar-refractivity contribution is 0.104. The molecule has 0 atom stereocenters. The molecular weight excluding hydrogens is 392 g/mol. The second-order valence-electron chi connectivity index (χ2n) is 4.32. The van der Waals surface area contributed by atoms with Gasteiger partial charge in [0.15, 0.2) is 5.78 Å². The van der Waals surface area contributed by atoms with Crippen molar-refractivity contribution < 1.29 is 9.18 Å². The fourth-order valence-corrected chi connectivity index (χ4v) is 2.63. The number of nitrogens with one attached hydrogen (secondary N) is 1. The van der Waals surface area contributed by atoms with Gasteiger partial charge in [0.2, 0.25) is 0 Å². The number of carbonyl (C=O) groups is 1. The molecule has 0 aliphatic rings. The second kappa shape index (κ2) is 5.18. The number of ketones is 1. The summed E-state index contributed by atoms with van der Waals surface area (Å²) < 4.78 is 14.8. The van der Waals surface area contributed by atoms with Gasteiger partial charge < -0.3 is 4.98 Å². The highest BCUT2D eigenvalue weighted by molar-refractivity contribution is 14.1. The molecule has 0 aliphatic carbocycles. The molecule has 0 bridgehead atoms. The fraction of sp³-hybridized carbons (Fsp3) is 0. The van der Waals surface area contributed by atoms with E-state index in [0.29, 0.717) is 27.1 Å². The summed E-state index contributed by atoms with van der Waals surface area (Å²) in [6, 6.07) is 9.73. The molecule has 5 heteroatoms. The lowest BCUT2D eigenvalue weighted by Crippen LogP contribution is -2.01. The first kappa shape index (κ1) is 13.6. The summed E-state index contributed by atoms with van der Waals surface area (Å²) in [5.74, 6) is -0.664. The predicted octanol–water partition coefficient (Wildman–Crippen LogP) is 4.80. The van der Waals surface area contributed by atoms with Crippen LogP contribution in [0.2, 0.25) is 5.02 Å². The topological polar surface area (TPSA) is 32.9 Å². The number of hydrogen-bond acceptors (Lipinski definition) is 1. The van der Waals surface area contributed by atoms with Gasteiger partial charge in [0.25, 0.3) is 0 Å². The molecule has 2 nitrogen and oxygen atoms in total. The Morgan fingerprint density at radius 3 is 2.80 bits per heavy atom. The third kappa shape index (κ3) is 2.23. The third-order valence-corrected chi connectivity index (χ3v) is 4.65. The van der Waals surface area contributed by atoms with Crippen LogP contribution in [0.5, 0.6) is 0 Å². The Hall–Kier alpha value is -1.40. The van der Waals surface area contributed by atoms with Crippen molar-refractivity contribution in [1.29, 1.82) is 0 Å². The van der Waals surface area contributed by atoms with Gasteiger partial charge in [-0.2, -0.15) is 0 Å². The number of carbonyl (C=O) groups excluding carboxylic acids is 1. The van der Waals surface area contributed by atoms with E-state index in [1.807, 2.05) is 0 Å². The zero-order valence-electron chi connectivity index (χ0n) is 10.1. The summed E-state index contributed by atoms with van der Waals surface area (Å²) in [5.41, 5.74) is 1.36. The number of aromatic nitrogens is 1. The zero-order valence-corrected chi connectivity index (χ0v) is 13.0. The molecule has 1 aromatic heterocycles. The number of fused-ring (bicyclic) bond motifs is 1. The van der Waals surface area contributed by atoms with Gasteiger partial charge in [-0.25, -0.2) is 4.39 Å². The molecule has 0 saturated carbocycles. The summed E-state index contributed by atoms with van der Waals surface area (Å²) in [4.78, 5) is 15.4. The van der Waals surface area contributed by atoms with Crippen LogP contribution in [0.1, 0.15) is 15.9 Å². The molecule has 0 unspecified atom stereocenters. The molecule has 0 spiro atoms. The minimum atomic E-state index is -0.413. The maximum absolute atomic E-state index is 13.9. The minimum Gasteiger partial charge on any atom is -0.360 e. The average Bonchev–Trinajstić information content (AvgIpc) is 2.86. The Morgan fingerprint density at radius 1 is 1.25 bits per heavy atom. The van der Waals surface area contributed by atoms with Gasteiger partial charge in [0, 0.05) is 26.2 Å². The normalized spacial score (nSPS) is 10.9. The molecule has 0 radical (unpaired) electrons. The van der Waals surface area contributed by atoms with Crippen molar-refractivity contribution in [3.8, 4) is 0 Å². The van der Waals surface area contributed by atoms with E-state index in [9.17, 15) is 9.18 Å². The van der Waals surface area contributed by atoms with Crippen LogP contribution < -0.4 is 0 Å². The van der Waals surface area contributed by atoms with Crippen LogP contribution in [0, 0.1) is 9.39 Å². The van der Waals surface area contributed by atoms with E-state index in [4.69, 9.17) is 11.6 Å². The summed E-state index contributed by atoms with van der Waals surface area (Å²) >= 11 is 8.12. The maximum atomic E-state index is 13.9. The molecule has 3 aromatic rings. The Morgan fingerprint density at radius 2 is 2.05 bits per heavy atom. The zero-order chi connectivity index (χ0) is 14.3. The van der Waals surface area contributed by atoms with Crippen molar-refractivity contribution in [2.24, 2.45) is 0 Å². The SMILES string of the molecule is O=C(c1ccc(I)c(Cl)c1)c1c[nH]c2cccc(F)c12. The number of hydrogen-bond donors (Lipinski definition) is 1. The number of H-pyrrole nitrogens is 1. The molecule has 0 aliphatic heterocycles. The van der Waals surface area contributed by atoms with E-state index in [1.54, 1.807) is 30.3 Å². The van der Waals surface area contributed by atoms with Gasteiger partial charge in [-0.1, -0.05) is 17.7 Å². The monoisotopic (exact) mass is 399 g/mol. The minimum absolute atomic E-state index is 0.250. The first-order valence-corrected chi connectivity index (χ1v) is 7.29. The van der Waals surface area contributed by atoms with Crippen molar-refractivity contribution >= 4 is 50.9 Å². The van der Waals surface area contributed by atoms with Crippen LogP contribution in [-0.2, 0) is 0 Å². The largest absolute Gasteiger partial charge is 0.360 e. The van der Waals surface area contributed by atoms with Crippen LogP contribution in [-0.4, -0.2) is 10.8 Å². The van der Waals surface area contributed by atoms with E-state index in [0.717, 1.165) is 3.57 Å². The average molecular weight is 400 g/mol. The van der Waals surface area contributed by atoms with E-state index in [-0.39, 0.29) is 5.78 Å². The Labute approximate surface area is 133 Å². The van der Waals surface area contributed by atoms with Crippen LogP contribution >= 0.6 is 34.2 Å². The molecule has 20 heavy (non-hydrogen) atoms. The number of rotatable bonds is 2. The highest BCUT2D eigenvalue weighted by atomic mass is 127. The van der Waals surface area contributed by atoms with Crippen molar-refractivity contribution in [1.82, 2.24) is 4.98 Å². The lowest BCUT2D eigenvalue weighted by atomic mass is 10.0. The van der Waals surface area contributed by atoms with E-state index in [2.05, 4.69) is 27.6 Å². The smallest absolute Gasteiger partial charge is 0.195 e. The molecule has 1 N–H and O–H groups in total. The first-order valence-electron chi connectivity index (χ1n) is 5.83. The number of halogens is 3. The Kier molecular flexibility index (Phi) is 3.52. The standard InChI is InChI=1S/C15H8ClFINO/c16-10-6-8(4-5-12(10)18)15(20)9-7-19-13-3-1-2-11(17)14(9)13/h1-7,19H. The Balaban J connectivity index is 2.15. The summed E-state index contributed by atoms with van der Waals surface area (Å²) in [7, 11) is 0. The molecule has 2 aromatic carbocycles. The lowest BCUT2D eigenvalue weighted by Gasteiger charge is -2.02. The molecular formula is C15H8ClFINO. The van der Waals surface area contributed by atoms with E-state index >= 15 is 0 Å². The van der Waals surface area contributed by atoms with Crippen LogP contribution in [0.25, 0.3) is 10.9 Å². The second-order valence-corrected chi connectivity index (χ2v) is 5.89. The van der Waals surface area contributed by atoms with Gasteiger partial charge in [0.1, 0.15) is 5.82 Å². The van der Waals surface area contributed by atoms with E-state index in [1.165, 1.54) is 12.3 Å². The number of aromatic amines is 1. The van der Waals surface area contributed by atoms with Crippen LogP contribution in [0.4, 0.5) is 4.39 Å². The third-order valence-electron chi connectivity index (χ3n) is 3.08. The van der Waals surface area contributed by atoms with Crippen molar-refractivity contribution in [2.75, 3.05) is 0 Å². The summed E-state index contributed by atoms with van der Waals surface area (Å²) in [5, 5.41) is 0.823. The predicted molar refractivity (Wildman–Crippen MR) is 85.9 cm³/mol. The van der Waals surface area contributed by atoms with Gasteiger partial charge in [-0.3, -0.25) is 4.79 Å². The van der Waals surface area contributed by atoms with Crippen LogP contribution in [0.15, 0.2) is 42.6 Å². The highest BCUT2D eigenvalue weighted by Crippen LogP contribution is 2.26. The number of benzene rings is 2. The maximum Gasteiger partial charge on any atom is 0.195 e. The quantitative estimate of drug-likeness (QED) is 0.487. The Bertz CT molecular complexity index is 828. The van der Waals surface area contributed by atoms with Gasteiger partial charge >= 0.3 is 0 Å². The van der Waals surface area contributed by atoms with E-state index < -0.39 is 5.82 Å². The van der Waals surface area contributed by atoms with Crippen molar-refractivity contribution in [3.05, 3.63) is 68.1 Å². The van der Waals surface area contributed by atoms with Gasteiger partial charge in [0.05, 0.1) is 10.6 Å². The van der Waals surface area contributed by atoms with Gasteiger partial charge in [-0.15, -0.1) is 0 Å². The van der Waals surface area contributed by atoms with Gasteiger partial charge in [-0.05, 0) is 52.9 Å². The fourth-order valence-electron chi connectivity index (χ4n) is 2.11. The van der Waals surface area contributed by atoms with Crippen molar-refractivity contribution in [2.45, 2.75) is 0 Å². The van der Waals surface area contributed by atoms with Crippen molar-refractivity contribution in [3.63, 3.8) is 0 Å². The molecule has 0 amide bonds. The molecule has 0 saturated heterocycles. The molecule has 100 valence electrons. The summed E-state index contributed by atoms with van der Waals surface area (Å²) in [6.45, 7) is 0. The first-order chi connectivity index (χ1) is 9.58. The highest BCUT2D eigenvalue weighted by Gasteiger charge is 2.17. The molecule has 3 rings (SSSR count). The molecule has 1 heterocycles. The molecule has 0 fully saturated rings. The summed E-state index contributed by atoms with van der Waals surface area (Å²) in [6.07, 6.45) is 1.53.